The summed E-state index contributed by atoms with van der Waals surface area (Å²) in [6, 6.07) is 5.27. The Balaban J connectivity index is 2.85. The molecule has 6 heteroatoms. The molecule has 19 heavy (non-hydrogen) atoms. The first-order valence-electron chi connectivity index (χ1n) is 5.91. The van der Waals surface area contributed by atoms with Crippen molar-refractivity contribution >= 4 is 43.5 Å². The van der Waals surface area contributed by atoms with E-state index < -0.39 is 6.10 Å². The Morgan fingerprint density at radius 1 is 1.53 bits per heavy atom. The van der Waals surface area contributed by atoms with Crippen molar-refractivity contribution in [3.8, 4) is 0 Å². The number of anilines is 1. The van der Waals surface area contributed by atoms with E-state index in [1.54, 1.807) is 19.1 Å². The highest BCUT2D eigenvalue weighted by molar-refractivity contribution is 9.10. The van der Waals surface area contributed by atoms with Crippen molar-refractivity contribution in [2.24, 2.45) is 0 Å². The van der Waals surface area contributed by atoms with Gasteiger partial charge in [0.2, 0.25) is 0 Å². The first kappa shape index (κ1) is 16.5. The highest BCUT2D eigenvalue weighted by Gasteiger charge is 2.13. The van der Waals surface area contributed by atoms with Gasteiger partial charge in [-0.2, -0.15) is 0 Å². The van der Waals surface area contributed by atoms with Gasteiger partial charge < -0.3 is 14.7 Å². The number of aliphatic hydroxyl groups excluding tert-OH is 1. The Kier molecular flexibility index (Phi) is 6.82. The summed E-state index contributed by atoms with van der Waals surface area (Å²) in [6.07, 6.45) is -0.443. The van der Waals surface area contributed by atoms with E-state index >= 15 is 0 Å². The smallest absolute Gasteiger partial charge is 0.338 e. The Morgan fingerprint density at radius 2 is 2.21 bits per heavy atom. The molecule has 1 atom stereocenters. The zero-order chi connectivity index (χ0) is 14.4. The number of alkyl halides is 1. The van der Waals surface area contributed by atoms with Gasteiger partial charge >= 0.3 is 5.97 Å². The van der Waals surface area contributed by atoms with Crippen LogP contribution < -0.4 is 4.90 Å². The molecule has 1 unspecified atom stereocenters. The minimum Gasteiger partial charge on any atom is -0.462 e. The van der Waals surface area contributed by atoms with Crippen molar-refractivity contribution in [3.63, 3.8) is 0 Å². The van der Waals surface area contributed by atoms with Crippen molar-refractivity contribution in [1.29, 1.82) is 0 Å². The Morgan fingerprint density at radius 3 is 2.74 bits per heavy atom. The summed E-state index contributed by atoms with van der Waals surface area (Å²) >= 11 is 6.67. The highest BCUT2D eigenvalue weighted by atomic mass is 79.9. The van der Waals surface area contributed by atoms with Crippen LogP contribution in [0.5, 0.6) is 0 Å². The fourth-order valence-electron chi connectivity index (χ4n) is 1.62. The first-order valence-corrected chi connectivity index (χ1v) is 7.82. The van der Waals surface area contributed by atoms with E-state index in [4.69, 9.17) is 4.74 Å². The van der Waals surface area contributed by atoms with Gasteiger partial charge in [0.15, 0.2) is 0 Å². The third-order valence-electron chi connectivity index (χ3n) is 2.53. The number of carbonyl (C=O) groups excluding carboxylic acids is 1. The lowest BCUT2D eigenvalue weighted by Gasteiger charge is -2.23. The molecular formula is C13H17Br2NO3. The number of hydrogen-bond acceptors (Lipinski definition) is 4. The number of hydrogen-bond donors (Lipinski definition) is 1. The van der Waals surface area contributed by atoms with Gasteiger partial charge in [0, 0.05) is 23.4 Å². The number of likely N-dealkylation sites (N-methyl/N-ethyl adjacent to an activating group) is 1. The molecule has 0 radical (unpaired) electrons. The molecule has 0 spiro atoms. The molecule has 106 valence electrons. The van der Waals surface area contributed by atoms with E-state index in [-0.39, 0.29) is 5.97 Å². The van der Waals surface area contributed by atoms with Crippen LogP contribution in [0.4, 0.5) is 5.69 Å². The lowest BCUT2D eigenvalue weighted by Crippen LogP contribution is -2.30. The third kappa shape index (κ3) is 4.78. The second kappa shape index (κ2) is 7.87. The van der Waals surface area contributed by atoms with Crippen LogP contribution in [0.25, 0.3) is 0 Å². The number of nitrogens with zero attached hydrogens (tertiary/aromatic N) is 1. The molecule has 0 saturated carbocycles. The van der Waals surface area contributed by atoms with E-state index in [1.807, 2.05) is 18.0 Å². The summed E-state index contributed by atoms with van der Waals surface area (Å²) in [5, 5.41) is 10.1. The number of halogens is 2. The lowest BCUT2D eigenvalue weighted by atomic mass is 10.2. The Hall–Kier alpha value is -0.590. The summed E-state index contributed by atoms with van der Waals surface area (Å²) in [5.74, 6) is -0.335. The summed E-state index contributed by atoms with van der Waals surface area (Å²) in [4.78, 5) is 13.5. The first-order chi connectivity index (χ1) is 8.99. The topological polar surface area (TPSA) is 49.8 Å². The average Bonchev–Trinajstić information content (AvgIpc) is 2.38. The molecule has 0 amide bonds. The minimum atomic E-state index is -0.443. The predicted octanol–water partition coefficient (Wildman–Crippen LogP) is 2.82. The van der Waals surface area contributed by atoms with Gasteiger partial charge in [0.25, 0.3) is 0 Å². The molecule has 0 aliphatic rings. The van der Waals surface area contributed by atoms with Crippen LogP contribution in [0.1, 0.15) is 17.3 Å². The van der Waals surface area contributed by atoms with Crippen molar-refractivity contribution in [2.75, 3.05) is 30.4 Å². The monoisotopic (exact) mass is 393 g/mol. The lowest BCUT2D eigenvalue weighted by molar-refractivity contribution is 0.0526. The van der Waals surface area contributed by atoms with Crippen LogP contribution in [-0.4, -0.2) is 42.7 Å². The normalized spacial score (nSPS) is 12.1. The van der Waals surface area contributed by atoms with Gasteiger partial charge in [-0.1, -0.05) is 15.9 Å². The molecule has 0 aliphatic carbocycles. The quantitative estimate of drug-likeness (QED) is 0.595. The number of rotatable bonds is 6. The molecule has 0 saturated heterocycles. The van der Waals surface area contributed by atoms with Crippen molar-refractivity contribution in [1.82, 2.24) is 0 Å². The predicted molar refractivity (Wildman–Crippen MR) is 83.2 cm³/mol. The van der Waals surface area contributed by atoms with Crippen molar-refractivity contribution in [3.05, 3.63) is 28.2 Å². The molecule has 1 aromatic rings. The largest absolute Gasteiger partial charge is 0.462 e. The van der Waals surface area contributed by atoms with Crippen molar-refractivity contribution in [2.45, 2.75) is 13.0 Å². The van der Waals surface area contributed by atoms with Gasteiger partial charge in [-0.25, -0.2) is 4.79 Å². The van der Waals surface area contributed by atoms with Gasteiger partial charge in [-0.05, 0) is 41.1 Å². The fraction of sp³-hybridized carbons (Fsp3) is 0.462. The Labute approximate surface area is 130 Å². The molecule has 1 rings (SSSR count). The van der Waals surface area contributed by atoms with Crippen LogP contribution in [0.3, 0.4) is 0 Å². The van der Waals surface area contributed by atoms with Gasteiger partial charge in [-0.3, -0.25) is 0 Å². The van der Waals surface area contributed by atoms with Gasteiger partial charge in [-0.15, -0.1) is 0 Å². The molecule has 1 N–H and O–H groups in total. The number of ether oxygens (including phenoxy) is 1. The summed E-state index contributed by atoms with van der Waals surface area (Å²) in [5.41, 5.74) is 1.42. The number of carbonyl (C=O) groups is 1. The van der Waals surface area contributed by atoms with E-state index in [2.05, 4.69) is 31.9 Å². The van der Waals surface area contributed by atoms with Gasteiger partial charge in [0.1, 0.15) is 0 Å². The zero-order valence-corrected chi connectivity index (χ0v) is 14.1. The molecule has 0 fully saturated rings. The SMILES string of the molecule is CCOC(=O)c1ccc(N(C)CC(O)CBr)c(Br)c1. The standard InChI is InChI=1S/C13H17Br2NO3/c1-3-19-13(18)9-4-5-12(11(15)6-9)16(2)8-10(17)7-14/h4-6,10,17H,3,7-8H2,1-2H3. The number of esters is 1. The van der Waals surface area contributed by atoms with Crippen LogP contribution in [0.15, 0.2) is 22.7 Å². The molecule has 4 nitrogen and oxygen atoms in total. The fourth-order valence-corrected chi connectivity index (χ4v) is 2.51. The van der Waals surface area contributed by atoms with Crippen LogP contribution in [-0.2, 0) is 4.74 Å². The van der Waals surface area contributed by atoms with E-state index in [0.717, 1.165) is 10.2 Å². The minimum absolute atomic E-state index is 0.335. The maximum Gasteiger partial charge on any atom is 0.338 e. The molecule has 0 heterocycles. The molecule has 0 aromatic heterocycles. The van der Waals surface area contributed by atoms with Crippen LogP contribution >= 0.6 is 31.9 Å². The highest BCUT2D eigenvalue weighted by Crippen LogP contribution is 2.27. The maximum absolute atomic E-state index is 11.6. The molecule has 0 bridgehead atoms. The second-order valence-electron chi connectivity index (χ2n) is 4.08. The summed E-state index contributed by atoms with van der Waals surface area (Å²) < 4.78 is 5.74. The third-order valence-corrected chi connectivity index (χ3v) is 3.92. The molecule has 0 aliphatic heterocycles. The maximum atomic E-state index is 11.6. The number of benzene rings is 1. The van der Waals surface area contributed by atoms with Crippen molar-refractivity contribution < 1.29 is 14.6 Å². The molecule has 1 aromatic carbocycles. The second-order valence-corrected chi connectivity index (χ2v) is 5.58. The van der Waals surface area contributed by atoms with E-state index in [1.165, 1.54) is 0 Å². The zero-order valence-electron chi connectivity index (χ0n) is 10.9. The van der Waals surface area contributed by atoms with E-state index in [0.29, 0.717) is 24.0 Å². The summed E-state index contributed by atoms with van der Waals surface area (Å²) in [6.45, 7) is 2.63. The van der Waals surface area contributed by atoms with Crippen LogP contribution in [0, 0.1) is 0 Å². The number of aliphatic hydroxyl groups is 1. The Bertz CT molecular complexity index is 440. The average molecular weight is 395 g/mol. The van der Waals surface area contributed by atoms with Crippen LogP contribution in [0.2, 0.25) is 0 Å². The van der Waals surface area contributed by atoms with Gasteiger partial charge in [0.05, 0.1) is 24.0 Å². The molecular weight excluding hydrogens is 378 g/mol. The van der Waals surface area contributed by atoms with E-state index in [9.17, 15) is 9.90 Å². The summed E-state index contributed by atoms with van der Waals surface area (Å²) in [7, 11) is 1.88.